The highest BCUT2D eigenvalue weighted by Gasteiger charge is 2.09. The smallest absolute Gasteiger partial charge is 0.0785 e. The Bertz CT molecular complexity index is 237. The van der Waals surface area contributed by atoms with Crippen molar-refractivity contribution >= 4 is 11.4 Å². The fourth-order valence-electron chi connectivity index (χ4n) is 1.19. The SMILES string of the molecule is CNc1c(N)c[nH]c1C(C)C. The van der Waals surface area contributed by atoms with E-state index in [0.717, 1.165) is 11.4 Å². The first-order chi connectivity index (χ1) is 5.16. The molecule has 0 aliphatic heterocycles. The predicted octanol–water partition coefficient (Wildman–Crippen LogP) is 1.76. The molecule has 3 nitrogen and oxygen atoms in total. The van der Waals surface area contributed by atoms with Gasteiger partial charge in [0.25, 0.3) is 0 Å². The summed E-state index contributed by atoms with van der Waals surface area (Å²) in [6.07, 6.45) is 1.82. The minimum Gasteiger partial charge on any atom is -0.396 e. The molecule has 4 N–H and O–H groups in total. The fourth-order valence-corrected chi connectivity index (χ4v) is 1.19. The Balaban J connectivity index is 3.05. The Morgan fingerprint density at radius 3 is 2.55 bits per heavy atom. The first-order valence-corrected chi connectivity index (χ1v) is 3.81. The van der Waals surface area contributed by atoms with E-state index in [9.17, 15) is 0 Å². The van der Waals surface area contributed by atoms with Crippen LogP contribution in [0.25, 0.3) is 0 Å². The van der Waals surface area contributed by atoms with Gasteiger partial charge in [0, 0.05) is 18.9 Å². The number of nitrogens with two attached hydrogens (primary N) is 1. The van der Waals surface area contributed by atoms with Crippen LogP contribution in [0.5, 0.6) is 0 Å². The lowest BCUT2D eigenvalue weighted by Crippen LogP contribution is -1.97. The molecule has 1 aromatic heterocycles. The highest BCUT2D eigenvalue weighted by Crippen LogP contribution is 2.27. The van der Waals surface area contributed by atoms with Gasteiger partial charge >= 0.3 is 0 Å². The van der Waals surface area contributed by atoms with Crippen LogP contribution in [0.1, 0.15) is 25.5 Å². The fraction of sp³-hybridized carbons (Fsp3) is 0.500. The van der Waals surface area contributed by atoms with Gasteiger partial charge in [0.2, 0.25) is 0 Å². The number of aromatic amines is 1. The van der Waals surface area contributed by atoms with E-state index in [1.165, 1.54) is 5.69 Å². The normalized spacial score (nSPS) is 10.5. The molecule has 0 aromatic carbocycles. The summed E-state index contributed by atoms with van der Waals surface area (Å²) in [6, 6.07) is 0. The van der Waals surface area contributed by atoms with Crippen molar-refractivity contribution in [1.82, 2.24) is 4.98 Å². The summed E-state index contributed by atoms with van der Waals surface area (Å²) in [5.74, 6) is 0.481. The molecule has 1 heterocycles. The molecular formula is C8H15N3. The number of nitrogen functional groups attached to an aromatic ring is 1. The van der Waals surface area contributed by atoms with Gasteiger partial charge in [-0.2, -0.15) is 0 Å². The second-order valence-electron chi connectivity index (χ2n) is 2.94. The van der Waals surface area contributed by atoms with Gasteiger partial charge in [-0.15, -0.1) is 0 Å². The molecule has 3 heteroatoms. The summed E-state index contributed by atoms with van der Waals surface area (Å²) in [5, 5.41) is 3.07. The highest BCUT2D eigenvalue weighted by molar-refractivity contribution is 5.69. The Morgan fingerprint density at radius 2 is 2.18 bits per heavy atom. The summed E-state index contributed by atoms with van der Waals surface area (Å²) < 4.78 is 0. The maximum atomic E-state index is 5.70. The van der Waals surface area contributed by atoms with Crippen molar-refractivity contribution in [3.63, 3.8) is 0 Å². The third kappa shape index (κ3) is 1.31. The minimum atomic E-state index is 0.481. The molecule has 0 bridgehead atoms. The molecule has 62 valence electrons. The molecule has 0 saturated heterocycles. The van der Waals surface area contributed by atoms with Crippen molar-refractivity contribution in [3.05, 3.63) is 11.9 Å². The van der Waals surface area contributed by atoms with Crippen molar-refractivity contribution in [2.75, 3.05) is 18.1 Å². The Morgan fingerprint density at radius 1 is 1.55 bits per heavy atom. The van der Waals surface area contributed by atoms with Crippen LogP contribution >= 0.6 is 0 Å². The van der Waals surface area contributed by atoms with Crippen LogP contribution in [-0.2, 0) is 0 Å². The summed E-state index contributed by atoms with van der Waals surface area (Å²) in [5.41, 5.74) is 8.68. The van der Waals surface area contributed by atoms with Crippen LogP contribution in [0.4, 0.5) is 11.4 Å². The molecule has 0 saturated carbocycles. The van der Waals surface area contributed by atoms with Gasteiger partial charge in [0.05, 0.1) is 11.4 Å². The number of hydrogen-bond donors (Lipinski definition) is 3. The Labute approximate surface area is 67.0 Å². The average molecular weight is 153 g/mol. The number of anilines is 2. The standard InChI is InChI=1S/C8H15N3/c1-5(2)7-8(10-3)6(9)4-11-7/h4-5,10-11H,9H2,1-3H3. The van der Waals surface area contributed by atoms with E-state index in [2.05, 4.69) is 24.1 Å². The average Bonchev–Trinajstić information content (AvgIpc) is 2.30. The van der Waals surface area contributed by atoms with Crippen LogP contribution in [0, 0.1) is 0 Å². The van der Waals surface area contributed by atoms with Crippen molar-refractivity contribution in [1.29, 1.82) is 0 Å². The Kier molecular flexibility index (Phi) is 2.08. The molecule has 0 fully saturated rings. The number of nitrogens with one attached hydrogen (secondary N) is 2. The molecule has 0 aliphatic rings. The summed E-state index contributed by atoms with van der Waals surface area (Å²) >= 11 is 0. The molecule has 0 amide bonds. The maximum Gasteiger partial charge on any atom is 0.0785 e. The van der Waals surface area contributed by atoms with Crippen LogP contribution < -0.4 is 11.1 Å². The second-order valence-corrected chi connectivity index (χ2v) is 2.94. The number of rotatable bonds is 2. The molecule has 0 spiro atoms. The molecular weight excluding hydrogens is 138 g/mol. The minimum absolute atomic E-state index is 0.481. The van der Waals surface area contributed by atoms with Crippen molar-refractivity contribution in [2.24, 2.45) is 0 Å². The summed E-state index contributed by atoms with van der Waals surface area (Å²) in [4.78, 5) is 3.14. The van der Waals surface area contributed by atoms with Crippen LogP contribution in [0.15, 0.2) is 6.20 Å². The first kappa shape index (κ1) is 7.98. The third-order valence-electron chi connectivity index (χ3n) is 1.77. The topological polar surface area (TPSA) is 53.8 Å². The largest absolute Gasteiger partial charge is 0.396 e. The number of aromatic nitrogens is 1. The van der Waals surface area contributed by atoms with Crippen molar-refractivity contribution < 1.29 is 0 Å². The third-order valence-corrected chi connectivity index (χ3v) is 1.77. The van der Waals surface area contributed by atoms with Gasteiger partial charge in [-0.05, 0) is 5.92 Å². The van der Waals surface area contributed by atoms with Crippen molar-refractivity contribution in [2.45, 2.75) is 19.8 Å². The van der Waals surface area contributed by atoms with Gasteiger partial charge < -0.3 is 16.0 Å². The molecule has 0 atom stereocenters. The number of H-pyrrole nitrogens is 1. The van der Waals surface area contributed by atoms with E-state index < -0.39 is 0 Å². The summed E-state index contributed by atoms with van der Waals surface area (Å²) in [7, 11) is 1.88. The quantitative estimate of drug-likeness (QED) is 0.606. The monoisotopic (exact) mass is 153 g/mol. The van der Waals surface area contributed by atoms with Gasteiger partial charge in [-0.3, -0.25) is 0 Å². The molecule has 0 radical (unpaired) electrons. The lowest BCUT2D eigenvalue weighted by Gasteiger charge is -2.06. The zero-order chi connectivity index (χ0) is 8.43. The van der Waals surface area contributed by atoms with E-state index in [4.69, 9.17) is 5.73 Å². The molecule has 0 unspecified atom stereocenters. The van der Waals surface area contributed by atoms with Gasteiger partial charge in [0.1, 0.15) is 0 Å². The first-order valence-electron chi connectivity index (χ1n) is 3.81. The van der Waals surface area contributed by atoms with Crippen LogP contribution in [-0.4, -0.2) is 12.0 Å². The molecule has 11 heavy (non-hydrogen) atoms. The zero-order valence-electron chi connectivity index (χ0n) is 7.23. The number of hydrogen-bond acceptors (Lipinski definition) is 2. The lowest BCUT2D eigenvalue weighted by atomic mass is 10.1. The van der Waals surface area contributed by atoms with E-state index in [-0.39, 0.29) is 0 Å². The van der Waals surface area contributed by atoms with E-state index in [0.29, 0.717) is 5.92 Å². The predicted molar refractivity (Wildman–Crippen MR) is 48.8 cm³/mol. The zero-order valence-corrected chi connectivity index (χ0v) is 7.23. The summed E-state index contributed by atoms with van der Waals surface area (Å²) in [6.45, 7) is 4.26. The van der Waals surface area contributed by atoms with Crippen LogP contribution in [0.2, 0.25) is 0 Å². The van der Waals surface area contributed by atoms with Gasteiger partial charge in [0.15, 0.2) is 0 Å². The lowest BCUT2D eigenvalue weighted by molar-refractivity contribution is 0.834. The highest BCUT2D eigenvalue weighted by atomic mass is 14.9. The second kappa shape index (κ2) is 2.86. The van der Waals surface area contributed by atoms with Gasteiger partial charge in [-0.1, -0.05) is 13.8 Å². The maximum absolute atomic E-state index is 5.70. The van der Waals surface area contributed by atoms with Gasteiger partial charge in [-0.25, -0.2) is 0 Å². The van der Waals surface area contributed by atoms with E-state index in [1.54, 1.807) is 0 Å². The molecule has 1 rings (SSSR count). The molecule has 0 aliphatic carbocycles. The van der Waals surface area contributed by atoms with E-state index in [1.807, 2.05) is 13.2 Å². The van der Waals surface area contributed by atoms with E-state index >= 15 is 0 Å². The van der Waals surface area contributed by atoms with Crippen molar-refractivity contribution in [3.8, 4) is 0 Å². The molecule has 1 aromatic rings. The van der Waals surface area contributed by atoms with Crippen LogP contribution in [0.3, 0.4) is 0 Å². The Hall–Kier alpha value is -1.12.